The molecule has 11 heteroatoms. The van der Waals surface area contributed by atoms with Crippen LogP contribution in [0.5, 0.6) is 0 Å². The molecule has 3 aromatic carbocycles. The normalized spacial score (nSPS) is 18.3. The molecule has 3 amide bonds. The summed E-state index contributed by atoms with van der Waals surface area (Å²) in [6.45, 7) is 6.33. The average Bonchev–Trinajstić information content (AvgIpc) is 3.28. The number of halogens is 2. The number of anilines is 1. The second-order valence-electron chi connectivity index (χ2n) is 10.8. The summed E-state index contributed by atoms with van der Waals surface area (Å²) in [4.78, 5) is 28.4. The molecule has 3 aromatic rings. The van der Waals surface area contributed by atoms with Gasteiger partial charge in [-0.2, -0.15) is 0 Å². The molecule has 1 unspecified atom stereocenters. The summed E-state index contributed by atoms with van der Waals surface area (Å²) in [5, 5.41) is 31.7. The van der Waals surface area contributed by atoms with Gasteiger partial charge in [0.15, 0.2) is 6.10 Å². The monoisotopic (exact) mass is 630 g/mol. The number of benzene rings is 3. The SMILES string of the molecule is Cc1ccccc1CNC(O)[C@H]1N(C(=O)[C@@H](O)[C@H](Cc2ccccc2)NC(=O)Nc2c(Cl)cccc2Cl)CSC1(C)C. The summed E-state index contributed by atoms with van der Waals surface area (Å²) >= 11 is 13.9. The third-order valence-corrected chi connectivity index (χ3v) is 9.44. The number of amides is 3. The molecular weight excluding hydrogens is 595 g/mol. The van der Waals surface area contributed by atoms with Gasteiger partial charge in [-0.25, -0.2) is 4.79 Å². The Morgan fingerprint density at radius 1 is 1.00 bits per heavy atom. The van der Waals surface area contributed by atoms with Gasteiger partial charge in [0.1, 0.15) is 6.23 Å². The molecule has 0 aromatic heterocycles. The first-order valence-corrected chi connectivity index (χ1v) is 15.4. The molecule has 4 atom stereocenters. The predicted octanol–water partition coefficient (Wildman–Crippen LogP) is 5.18. The molecule has 8 nitrogen and oxygen atoms in total. The van der Waals surface area contributed by atoms with Crippen LogP contribution in [-0.2, 0) is 17.8 Å². The number of para-hydroxylation sites is 1. The molecule has 0 spiro atoms. The van der Waals surface area contributed by atoms with E-state index in [2.05, 4.69) is 16.0 Å². The average molecular weight is 632 g/mol. The van der Waals surface area contributed by atoms with Gasteiger partial charge in [-0.3, -0.25) is 10.1 Å². The first-order valence-electron chi connectivity index (χ1n) is 13.6. The zero-order valence-electron chi connectivity index (χ0n) is 23.7. The lowest BCUT2D eigenvalue weighted by Gasteiger charge is -2.37. The second-order valence-corrected chi connectivity index (χ2v) is 13.2. The highest BCUT2D eigenvalue weighted by molar-refractivity contribution is 8.00. The molecule has 1 fully saturated rings. The number of carbonyl (C=O) groups is 2. The van der Waals surface area contributed by atoms with Gasteiger partial charge in [-0.15, -0.1) is 11.8 Å². The Morgan fingerprint density at radius 2 is 1.64 bits per heavy atom. The maximum atomic E-state index is 13.9. The Balaban J connectivity index is 1.52. The molecule has 1 heterocycles. The number of thioether (sulfide) groups is 1. The Morgan fingerprint density at radius 3 is 2.31 bits per heavy atom. The smallest absolute Gasteiger partial charge is 0.319 e. The number of hydrogen-bond donors (Lipinski definition) is 5. The highest BCUT2D eigenvalue weighted by Crippen LogP contribution is 2.41. The molecule has 4 rings (SSSR count). The standard InChI is InChI=1S/C31H36Cl2N4O4S/c1-19-10-7-8-13-21(19)17-34-28(39)27-31(2,3)42-18-37(27)29(40)26(38)24(16-20-11-5-4-6-12-20)35-30(41)36-25-22(32)14-9-15-23(25)33/h4-15,24,26-28,34,38-39H,16-18H2,1-3H3,(H2,35,36,41)/t24-,26-,27+,28?/m0/s1. The Hall–Kier alpha value is -2.79. The zero-order valence-corrected chi connectivity index (χ0v) is 26.0. The Labute approximate surface area is 260 Å². The lowest BCUT2D eigenvalue weighted by Crippen LogP contribution is -2.60. The van der Waals surface area contributed by atoms with Gasteiger partial charge in [0.2, 0.25) is 0 Å². The van der Waals surface area contributed by atoms with Crippen LogP contribution in [0.25, 0.3) is 0 Å². The zero-order chi connectivity index (χ0) is 30.4. The molecule has 0 aliphatic carbocycles. The van der Waals surface area contributed by atoms with Crippen molar-refractivity contribution in [2.45, 2.75) is 62.9 Å². The van der Waals surface area contributed by atoms with Crippen LogP contribution < -0.4 is 16.0 Å². The van der Waals surface area contributed by atoms with Crippen LogP contribution in [-0.4, -0.2) is 62.1 Å². The maximum Gasteiger partial charge on any atom is 0.319 e. The van der Waals surface area contributed by atoms with Gasteiger partial charge < -0.3 is 25.7 Å². The number of urea groups is 1. The number of carbonyl (C=O) groups excluding carboxylic acids is 2. The lowest BCUT2D eigenvalue weighted by molar-refractivity contribution is -0.145. The minimum Gasteiger partial charge on any atom is -0.381 e. The molecule has 1 aliphatic rings. The van der Waals surface area contributed by atoms with Gasteiger partial charge in [0.05, 0.1) is 33.7 Å². The van der Waals surface area contributed by atoms with E-state index in [1.54, 1.807) is 18.2 Å². The quantitative estimate of drug-likeness (QED) is 0.197. The van der Waals surface area contributed by atoms with Crippen LogP contribution in [0.4, 0.5) is 10.5 Å². The lowest BCUT2D eigenvalue weighted by atomic mass is 9.96. The highest BCUT2D eigenvalue weighted by Gasteiger charge is 2.49. The van der Waals surface area contributed by atoms with Crippen molar-refractivity contribution < 1.29 is 19.8 Å². The summed E-state index contributed by atoms with van der Waals surface area (Å²) in [6.07, 6.45) is -2.48. The first kappa shape index (κ1) is 32.1. The van der Waals surface area contributed by atoms with Crippen molar-refractivity contribution in [2.75, 3.05) is 11.2 Å². The largest absolute Gasteiger partial charge is 0.381 e. The van der Waals surface area contributed by atoms with Crippen molar-refractivity contribution in [1.82, 2.24) is 15.5 Å². The number of aryl methyl sites for hydroxylation is 1. The highest BCUT2D eigenvalue weighted by atomic mass is 35.5. The minimum absolute atomic E-state index is 0.181. The molecule has 1 aliphatic heterocycles. The van der Waals surface area contributed by atoms with E-state index in [4.69, 9.17) is 23.2 Å². The number of rotatable bonds is 10. The molecule has 0 bridgehead atoms. The van der Waals surface area contributed by atoms with E-state index in [9.17, 15) is 19.8 Å². The molecule has 224 valence electrons. The Kier molecular flexibility index (Phi) is 10.8. The molecule has 5 N–H and O–H groups in total. The summed E-state index contributed by atoms with van der Waals surface area (Å²) in [5.41, 5.74) is 3.16. The maximum absolute atomic E-state index is 13.9. The predicted molar refractivity (Wildman–Crippen MR) is 170 cm³/mol. The fourth-order valence-electron chi connectivity index (χ4n) is 5.05. The van der Waals surface area contributed by atoms with Crippen molar-refractivity contribution in [3.05, 3.63) is 99.5 Å². The van der Waals surface area contributed by atoms with Gasteiger partial charge in [-0.1, -0.05) is 83.9 Å². The van der Waals surface area contributed by atoms with E-state index in [-0.39, 0.29) is 28.0 Å². The van der Waals surface area contributed by atoms with Crippen LogP contribution in [0.2, 0.25) is 10.0 Å². The Bertz CT molecular complexity index is 1370. The van der Waals surface area contributed by atoms with Crippen LogP contribution >= 0.6 is 35.0 Å². The van der Waals surface area contributed by atoms with Gasteiger partial charge in [-0.05, 0) is 56.0 Å². The summed E-state index contributed by atoms with van der Waals surface area (Å²) in [6, 6.07) is 19.7. The van der Waals surface area contributed by atoms with Crippen LogP contribution in [0.3, 0.4) is 0 Å². The molecule has 1 saturated heterocycles. The number of nitrogens with one attached hydrogen (secondary N) is 3. The number of hydrogen-bond acceptors (Lipinski definition) is 6. The van der Waals surface area contributed by atoms with Crippen molar-refractivity contribution >= 4 is 52.6 Å². The van der Waals surface area contributed by atoms with Crippen molar-refractivity contribution in [2.24, 2.45) is 0 Å². The third-order valence-electron chi connectivity index (χ3n) is 7.42. The van der Waals surface area contributed by atoms with Crippen LogP contribution in [0.15, 0.2) is 72.8 Å². The van der Waals surface area contributed by atoms with Crippen LogP contribution in [0, 0.1) is 6.92 Å². The van der Waals surface area contributed by atoms with E-state index < -0.39 is 41.1 Å². The van der Waals surface area contributed by atoms with Gasteiger partial charge >= 0.3 is 6.03 Å². The van der Waals surface area contributed by atoms with Crippen LogP contribution in [0.1, 0.15) is 30.5 Å². The van der Waals surface area contributed by atoms with E-state index in [0.717, 1.165) is 16.7 Å². The topological polar surface area (TPSA) is 114 Å². The summed E-state index contributed by atoms with van der Waals surface area (Å²) in [5.74, 6) is -0.317. The molecule has 0 saturated carbocycles. The second kappa shape index (κ2) is 14.1. The molecular formula is C31H36Cl2N4O4S. The van der Waals surface area contributed by atoms with E-state index in [1.807, 2.05) is 75.4 Å². The fourth-order valence-corrected chi connectivity index (χ4v) is 6.73. The van der Waals surface area contributed by atoms with E-state index >= 15 is 0 Å². The number of aliphatic hydroxyl groups is 2. The van der Waals surface area contributed by atoms with Crippen molar-refractivity contribution in [3.63, 3.8) is 0 Å². The van der Waals surface area contributed by atoms with Gasteiger partial charge in [0.25, 0.3) is 5.91 Å². The number of aliphatic hydroxyl groups excluding tert-OH is 2. The summed E-state index contributed by atoms with van der Waals surface area (Å²) in [7, 11) is 0. The molecule has 0 radical (unpaired) electrons. The van der Waals surface area contributed by atoms with Gasteiger partial charge in [0, 0.05) is 11.3 Å². The summed E-state index contributed by atoms with van der Waals surface area (Å²) < 4.78 is -0.506. The molecule has 42 heavy (non-hydrogen) atoms. The fraction of sp³-hybridized carbons (Fsp3) is 0.355. The number of nitrogens with zero attached hydrogens (tertiary/aromatic N) is 1. The van der Waals surface area contributed by atoms with Crippen molar-refractivity contribution in [3.8, 4) is 0 Å². The third kappa shape index (κ3) is 7.78. The van der Waals surface area contributed by atoms with E-state index in [1.165, 1.54) is 16.7 Å². The minimum atomic E-state index is -1.60. The first-order chi connectivity index (χ1) is 20.0. The van der Waals surface area contributed by atoms with E-state index in [0.29, 0.717) is 6.54 Å². The van der Waals surface area contributed by atoms with Crippen molar-refractivity contribution in [1.29, 1.82) is 0 Å².